The molecule has 0 radical (unpaired) electrons. The van der Waals surface area contributed by atoms with Crippen LogP contribution in [0, 0.1) is 0 Å². The molecule has 0 heterocycles. The van der Waals surface area contributed by atoms with Gasteiger partial charge in [-0.2, -0.15) is 0 Å². The minimum absolute atomic E-state index is 0.0291. The first-order chi connectivity index (χ1) is 5.65. The highest BCUT2D eigenvalue weighted by Gasteiger charge is 2.14. The molecule has 0 saturated carbocycles. The van der Waals surface area contributed by atoms with Crippen molar-refractivity contribution in [1.29, 1.82) is 0 Å². The molecule has 4 N–H and O–H groups in total. The SMILES string of the molecule is CCC(CO)NC(=O)C(N)CC. The Labute approximate surface area is 73.1 Å². The first-order valence-corrected chi connectivity index (χ1v) is 4.32. The van der Waals surface area contributed by atoms with E-state index in [1.165, 1.54) is 0 Å². The third-order valence-corrected chi connectivity index (χ3v) is 1.84. The summed E-state index contributed by atoms with van der Waals surface area (Å²) in [5.74, 6) is -0.182. The zero-order chi connectivity index (χ0) is 9.56. The molecule has 0 aliphatic heterocycles. The fourth-order valence-corrected chi connectivity index (χ4v) is 0.770. The molecule has 72 valence electrons. The first kappa shape index (κ1) is 11.4. The lowest BCUT2D eigenvalue weighted by atomic mass is 10.2. The van der Waals surface area contributed by atoms with Crippen molar-refractivity contribution in [3.8, 4) is 0 Å². The van der Waals surface area contributed by atoms with Gasteiger partial charge in [-0.3, -0.25) is 4.79 Å². The summed E-state index contributed by atoms with van der Waals surface area (Å²) in [6.45, 7) is 3.72. The summed E-state index contributed by atoms with van der Waals surface area (Å²) in [5.41, 5.74) is 5.48. The number of nitrogens with two attached hydrogens (primary N) is 1. The average molecular weight is 174 g/mol. The van der Waals surface area contributed by atoms with Gasteiger partial charge in [0.2, 0.25) is 5.91 Å². The molecule has 2 unspecified atom stereocenters. The Kier molecular flexibility index (Phi) is 5.66. The Morgan fingerprint density at radius 3 is 2.42 bits per heavy atom. The van der Waals surface area contributed by atoms with Crippen LogP contribution in [0.1, 0.15) is 26.7 Å². The number of hydrogen-bond acceptors (Lipinski definition) is 3. The number of rotatable bonds is 5. The van der Waals surface area contributed by atoms with Crippen molar-refractivity contribution in [2.45, 2.75) is 38.8 Å². The Hall–Kier alpha value is -0.610. The van der Waals surface area contributed by atoms with Crippen molar-refractivity contribution in [1.82, 2.24) is 5.32 Å². The van der Waals surface area contributed by atoms with Crippen LogP contribution in [0.25, 0.3) is 0 Å². The van der Waals surface area contributed by atoms with E-state index < -0.39 is 6.04 Å². The molecular weight excluding hydrogens is 156 g/mol. The van der Waals surface area contributed by atoms with E-state index in [1.807, 2.05) is 13.8 Å². The van der Waals surface area contributed by atoms with Crippen LogP contribution in [-0.4, -0.2) is 29.7 Å². The normalized spacial score (nSPS) is 15.3. The third kappa shape index (κ3) is 3.69. The maximum absolute atomic E-state index is 11.2. The van der Waals surface area contributed by atoms with Gasteiger partial charge < -0.3 is 16.2 Å². The summed E-state index contributed by atoms with van der Waals surface area (Å²) in [5, 5.41) is 11.4. The van der Waals surface area contributed by atoms with Gasteiger partial charge in [-0.25, -0.2) is 0 Å². The monoisotopic (exact) mass is 174 g/mol. The van der Waals surface area contributed by atoms with Crippen LogP contribution >= 0.6 is 0 Å². The number of amides is 1. The largest absolute Gasteiger partial charge is 0.394 e. The number of nitrogens with one attached hydrogen (secondary N) is 1. The first-order valence-electron chi connectivity index (χ1n) is 4.32. The summed E-state index contributed by atoms with van der Waals surface area (Å²) in [6, 6.07) is -0.610. The number of aliphatic hydroxyl groups is 1. The fourth-order valence-electron chi connectivity index (χ4n) is 0.770. The fraction of sp³-hybridized carbons (Fsp3) is 0.875. The van der Waals surface area contributed by atoms with Crippen LogP contribution in [0.15, 0.2) is 0 Å². The highest BCUT2D eigenvalue weighted by Crippen LogP contribution is 1.92. The molecule has 4 heteroatoms. The van der Waals surface area contributed by atoms with Gasteiger partial charge in [0, 0.05) is 0 Å². The molecule has 0 bridgehead atoms. The Bertz CT molecular complexity index is 135. The zero-order valence-corrected chi connectivity index (χ0v) is 7.71. The summed E-state index contributed by atoms with van der Waals surface area (Å²) in [6.07, 6.45) is 1.34. The van der Waals surface area contributed by atoms with Crippen molar-refractivity contribution >= 4 is 5.91 Å². The molecule has 0 aromatic rings. The van der Waals surface area contributed by atoms with Crippen molar-refractivity contribution in [3.05, 3.63) is 0 Å². The van der Waals surface area contributed by atoms with Gasteiger partial charge >= 0.3 is 0 Å². The predicted octanol–water partition coefficient (Wildman–Crippen LogP) is -0.389. The van der Waals surface area contributed by atoms with E-state index in [9.17, 15) is 4.79 Å². The van der Waals surface area contributed by atoms with Gasteiger partial charge in [-0.15, -0.1) is 0 Å². The van der Waals surface area contributed by atoms with Crippen LogP contribution < -0.4 is 11.1 Å². The lowest BCUT2D eigenvalue weighted by Gasteiger charge is -2.16. The number of aliphatic hydroxyl groups excluding tert-OH is 1. The summed E-state index contributed by atoms with van der Waals surface area (Å²) in [7, 11) is 0. The Morgan fingerprint density at radius 2 is 2.08 bits per heavy atom. The minimum atomic E-state index is -0.453. The molecule has 0 spiro atoms. The van der Waals surface area contributed by atoms with Crippen molar-refractivity contribution in [2.75, 3.05) is 6.61 Å². The van der Waals surface area contributed by atoms with Gasteiger partial charge in [0.15, 0.2) is 0 Å². The van der Waals surface area contributed by atoms with E-state index in [2.05, 4.69) is 5.32 Å². The summed E-state index contributed by atoms with van der Waals surface area (Å²) >= 11 is 0. The van der Waals surface area contributed by atoms with Crippen LogP contribution in [-0.2, 0) is 4.79 Å². The maximum Gasteiger partial charge on any atom is 0.237 e. The predicted molar refractivity (Wildman–Crippen MR) is 47.6 cm³/mol. The smallest absolute Gasteiger partial charge is 0.237 e. The molecular formula is C8H18N2O2. The zero-order valence-electron chi connectivity index (χ0n) is 7.71. The maximum atomic E-state index is 11.2. The van der Waals surface area contributed by atoms with Crippen molar-refractivity contribution in [2.24, 2.45) is 5.73 Å². The van der Waals surface area contributed by atoms with E-state index >= 15 is 0 Å². The number of hydrogen-bond donors (Lipinski definition) is 3. The van der Waals surface area contributed by atoms with Crippen LogP contribution in [0.4, 0.5) is 0 Å². The number of carbonyl (C=O) groups excluding carboxylic acids is 1. The summed E-state index contributed by atoms with van der Waals surface area (Å²) in [4.78, 5) is 11.2. The van der Waals surface area contributed by atoms with Crippen LogP contribution in [0.5, 0.6) is 0 Å². The van der Waals surface area contributed by atoms with Gasteiger partial charge in [-0.05, 0) is 12.8 Å². The molecule has 0 aliphatic carbocycles. The topological polar surface area (TPSA) is 75.3 Å². The van der Waals surface area contributed by atoms with E-state index in [-0.39, 0.29) is 18.6 Å². The van der Waals surface area contributed by atoms with E-state index in [0.29, 0.717) is 6.42 Å². The molecule has 0 saturated heterocycles. The highest BCUT2D eigenvalue weighted by atomic mass is 16.3. The van der Waals surface area contributed by atoms with Crippen molar-refractivity contribution < 1.29 is 9.90 Å². The lowest BCUT2D eigenvalue weighted by molar-refractivity contribution is -0.123. The minimum Gasteiger partial charge on any atom is -0.394 e. The lowest BCUT2D eigenvalue weighted by Crippen LogP contribution is -2.46. The Morgan fingerprint density at radius 1 is 1.50 bits per heavy atom. The quantitative estimate of drug-likeness (QED) is 0.531. The van der Waals surface area contributed by atoms with Gasteiger partial charge in [0.05, 0.1) is 18.7 Å². The van der Waals surface area contributed by atoms with Crippen molar-refractivity contribution in [3.63, 3.8) is 0 Å². The van der Waals surface area contributed by atoms with Crippen LogP contribution in [0.3, 0.4) is 0 Å². The second-order valence-electron chi connectivity index (χ2n) is 2.81. The van der Waals surface area contributed by atoms with E-state index in [4.69, 9.17) is 10.8 Å². The second-order valence-corrected chi connectivity index (χ2v) is 2.81. The van der Waals surface area contributed by atoms with Crippen LogP contribution in [0.2, 0.25) is 0 Å². The molecule has 0 aliphatic rings. The van der Waals surface area contributed by atoms with Gasteiger partial charge in [0.1, 0.15) is 0 Å². The second kappa shape index (κ2) is 5.97. The molecule has 0 fully saturated rings. The molecule has 0 rings (SSSR count). The molecule has 4 nitrogen and oxygen atoms in total. The van der Waals surface area contributed by atoms with E-state index in [1.54, 1.807) is 0 Å². The van der Waals surface area contributed by atoms with Gasteiger partial charge in [0.25, 0.3) is 0 Å². The average Bonchev–Trinajstić information content (AvgIpc) is 2.12. The molecule has 1 amide bonds. The molecule has 12 heavy (non-hydrogen) atoms. The third-order valence-electron chi connectivity index (χ3n) is 1.84. The number of carbonyl (C=O) groups is 1. The molecule has 2 atom stereocenters. The van der Waals surface area contributed by atoms with Gasteiger partial charge in [-0.1, -0.05) is 13.8 Å². The highest BCUT2D eigenvalue weighted by molar-refractivity contribution is 5.81. The van der Waals surface area contributed by atoms with E-state index in [0.717, 1.165) is 6.42 Å². The molecule has 0 aromatic heterocycles. The molecule has 0 aromatic carbocycles. The standard InChI is InChI=1S/C8H18N2O2/c1-3-6(5-11)10-8(12)7(9)4-2/h6-7,11H,3-5,9H2,1-2H3,(H,10,12). The summed E-state index contributed by atoms with van der Waals surface area (Å²) < 4.78 is 0. The Balaban J connectivity index is 3.81.